The van der Waals surface area contributed by atoms with E-state index in [1.165, 1.54) is 5.69 Å². The average Bonchev–Trinajstić information content (AvgIpc) is 2.90. The van der Waals surface area contributed by atoms with Crippen molar-refractivity contribution in [3.05, 3.63) is 17.3 Å². The average molecular weight is 280 g/mol. The number of thiazole rings is 1. The fraction of sp³-hybridized carbons (Fsp3) is 0.615. The smallest absolute Gasteiger partial charge is 0.195 e. The third-order valence-electron chi connectivity index (χ3n) is 3.40. The summed E-state index contributed by atoms with van der Waals surface area (Å²) in [7, 11) is 1.97. The number of anilines is 1. The van der Waals surface area contributed by atoms with Crippen molar-refractivity contribution in [1.82, 2.24) is 14.7 Å². The molecule has 1 saturated heterocycles. The number of hydrogen-bond donors (Lipinski definition) is 1. The number of nitrogens with one attached hydrogen (secondary N) is 1. The Morgan fingerprint density at radius 3 is 2.84 bits per heavy atom. The Labute approximate surface area is 117 Å². The molecule has 19 heavy (non-hydrogen) atoms. The minimum atomic E-state index is 0.255. The van der Waals surface area contributed by atoms with Gasteiger partial charge < -0.3 is 15.0 Å². The van der Waals surface area contributed by atoms with Crippen LogP contribution in [-0.4, -0.2) is 41.7 Å². The van der Waals surface area contributed by atoms with Crippen LogP contribution >= 0.6 is 11.3 Å². The van der Waals surface area contributed by atoms with E-state index in [0.29, 0.717) is 0 Å². The summed E-state index contributed by atoms with van der Waals surface area (Å²) in [5.74, 6) is 1.10. The molecule has 0 bridgehead atoms. The fourth-order valence-electron chi connectivity index (χ4n) is 2.76. The number of morpholine rings is 1. The van der Waals surface area contributed by atoms with E-state index in [-0.39, 0.29) is 12.2 Å². The van der Waals surface area contributed by atoms with E-state index in [1.54, 1.807) is 11.3 Å². The SMILES string of the molecule is CNCc1c(N2CC(C)OC(C)C2)nc2sccn12. The third kappa shape index (κ3) is 2.35. The summed E-state index contributed by atoms with van der Waals surface area (Å²) < 4.78 is 7.99. The summed E-state index contributed by atoms with van der Waals surface area (Å²) in [5.41, 5.74) is 1.24. The Morgan fingerprint density at radius 2 is 2.16 bits per heavy atom. The molecule has 2 atom stereocenters. The Hall–Kier alpha value is -1.11. The molecular weight excluding hydrogens is 260 g/mol. The minimum Gasteiger partial charge on any atom is -0.372 e. The van der Waals surface area contributed by atoms with Gasteiger partial charge in [0.1, 0.15) is 0 Å². The number of rotatable bonds is 3. The molecule has 6 heteroatoms. The van der Waals surface area contributed by atoms with Crippen LogP contribution < -0.4 is 10.2 Å². The van der Waals surface area contributed by atoms with Crippen molar-refractivity contribution in [1.29, 1.82) is 0 Å². The predicted molar refractivity (Wildman–Crippen MR) is 78.1 cm³/mol. The van der Waals surface area contributed by atoms with Crippen molar-refractivity contribution >= 4 is 22.1 Å². The van der Waals surface area contributed by atoms with Gasteiger partial charge in [-0.1, -0.05) is 0 Å². The number of fused-ring (bicyclic) bond motifs is 1. The first-order valence-electron chi connectivity index (χ1n) is 6.68. The molecule has 1 N–H and O–H groups in total. The molecule has 2 aromatic heterocycles. The molecule has 1 aliphatic heterocycles. The molecule has 5 nitrogen and oxygen atoms in total. The maximum absolute atomic E-state index is 5.80. The van der Waals surface area contributed by atoms with Gasteiger partial charge in [-0.3, -0.25) is 4.40 Å². The zero-order valence-electron chi connectivity index (χ0n) is 11.6. The van der Waals surface area contributed by atoms with Crippen LogP contribution in [0, 0.1) is 0 Å². The zero-order valence-corrected chi connectivity index (χ0v) is 12.4. The topological polar surface area (TPSA) is 41.8 Å². The molecule has 1 fully saturated rings. The Bertz CT molecular complexity index is 554. The highest BCUT2D eigenvalue weighted by atomic mass is 32.1. The molecule has 1 aliphatic rings. The third-order valence-corrected chi connectivity index (χ3v) is 4.16. The summed E-state index contributed by atoms with van der Waals surface area (Å²) in [4.78, 5) is 8.21. The van der Waals surface area contributed by atoms with Gasteiger partial charge in [-0.05, 0) is 20.9 Å². The number of imidazole rings is 1. The molecule has 2 aromatic rings. The molecule has 0 saturated carbocycles. The van der Waals surface area contributed by atoms with Crippen LogP contribution in [0.15, 0.2) is 11.6 Å². The molecule has 0 spiro atoms. The minimum absolute atomic E-state index is 0.255. The zero-order chi connectivity index (χ0) is 13.4. The van der Waals surface area contributed by atoms with Crippen LogP contribution in [0.3, 0.4) is 0 Å². The summed E-state index contributed by atoms with van der Waals surface area (Å²) in [6.45, 7) is 6.89. The van der Waals surface area contributed by atoms with Crippen LogP contribution in [0.1, 0.15) is 19.5 Å². The lowest BCUT2D eigenvalue weighted by Gasteiger charge is -2.36. The summed E-state index contributed by atoms with van der Waals surface area (Å²) in [6, 6.07) is 0. The first kappa shape index (κ1) is 12.9. The maximum atomic E-state index is 5.80. The van der Waals surface area contributed by atoms with Crippen molar-refractivity contribution in [3.8, 4) is 0 Å². The summed E-state index contributed by atoms with van der Waals surface area (Å²) in [6.07, 6.45) is 2.60. The second-order valence-corrected chi connectivity index (χ2v) is 6.00. The first-order chi connectivity index (χ1) is 9.19. The van der Waals surface area contributed by atoms with Gasteiger partial charge in [-0.2, -0.15) is 0 Å². The predicted octanol–water partition coefficient (Wildman–Crippen LogP) is 1.73. The Morgan fingerprint density at radius 1 is 1.42 bits per heavy atom. The molecule has 0 aromatic carbocycles. The van der Waals surface area contributed by atoms with Gasteiger partial charge in [0.2, 0.25) is 0 Å². The normalized spacial score (nSPS) is 24.3. The molecule has 3 heterocycles. The number of aromatic nitrogens is 2. The van der Waals surface area contributed by atoms with E-state index in [1.807, 2.05) is 7.05 Å². The van der Waals surface area contributed by atoms with Gasteiger partial charge in [-0.25, -0.2) is 4.98 Å². The standard InChI is InChI=1S/C13H20N4OS/c1-9-7-16(8-10(2)18-9)12-11(6-14-3)17-4-5-19-13(17)15-12/h4-5,9-10,14H,6-8H2,1-3H3. The maximum Gasteiger partial charge on any atom is 0.195 e. The molecule has 2 unspecified atom stereocenters. The van der Waals surface area contributed by atoms with Gasteiger partial charge in [0.25, 0.3) is 0 Å². The lowest BCUT2D eigenvalue weighted by molar-refractivity contribution is -0.00548. The largest absolute Gasteiger partial charge is 0.372 e. The monoisotopic (exact) mass is 280 g/mol. The van der Waals surface area contributed by atoms with Crippen molar-refractivity contribution in [3.63, 3.8) is 0 Å². The van der Waals surface area contributed by atoms with E-state index in [2.05, 4.69) is 40.0 Å². The van der Waals surface area contributed by atoms with Crippen LogP contribution in [0.4, 0.5) is 5.82 Å². The second kappa shape index (κ2) is 5.11. The molecule has 0 aliphatic carbocycles. The highest BCUT2D eigenvalue weighted by Gasteiger charge is 2.26. The molecular formula is C13H20N4OS. The molecule has 3 rings (SSSR count). The number of ether oxygens (including phenoxy) is 1. The van der Waals surface area contributed by atoms with E-state index < -0.39 is 0 Å². The van der Waals surface area contributed by atoms with Crippen molar-refractivity contribution < 1.29 is 4.74 Å². The lowest BCUT2D eigenvalue weighted by atomic mass is 10.2. The number of hydrogen-bond acceptors (Lipinski definition) is 5. The lowest BCUT2D eigenvalue weighted by Crippen LogP contribution is -2.46. The van der Waals surface area contributed by atoms with Gasteiger partial charge >= 0.3 is 0 Å². The van der Waals surface area contributed by atoms with Crippen molar-refractivity contribution in [2.24, 2.45) is 0 Å². The fourth-order valence-corrected chi connectivity index (χ4v) is 3.48. The molecule has 0 amide bonds. The van der Waals surface area contributed by atoms with Crippen LogP contribution in [-0.2, 0) is 11.3 Å². The Kier molecular flexibility index (Phi) is 3.47. The van der Waals surface area contributed by atoms with Gasteiger partial charge in [0.15, 0.2) is 10.8 Å². The van der Waals surface area contributed by atoms with E-state index >= 15 is 0 Å². The van der Waals surface area contributed by atoms with E-state index in [4.69, 9.17) is 9.72 Å². The van der Waals surface area contributed by atoms with Crippen molar-refractivity contribution in [2.75, 3.05) is 25.0 Å². The van der Waals surface area contributed by atoms with Crippen molar-refractivity contribution in [2.45, 2.75) is 32.6 Å². The highest BCUT2D eigenvalue weighted by molar-refractivity contribution is 7.15. The Balaban J connectivity index is 1.98. The second-order valence-electron chi connectivity index (χ2n) is 5.13. The van der Waals surface area contributed by atoms with Crippen LogP contribution in [0.2, 0.25) is 0 Å². The summed E-state index contributed by atoms with van der Waals surface area (Å²) in [5, 5.41) is 5.32. The van der Waals surface area contributed by atoms with Crippen LogP contribution in [0.5, 0.6) is 0 Å². The highest BCUT2D eigenvalue weighted by Crippen LogP contribution is 2.27. The summed E-state index contributed by atoms with van der Waals surface area (Å²) >= 11 is 1.68. The van der Waals surface area contributed by atoms with E-state index in [0.717, 1.165) is 30.4 Å². The van der Waals surface area contributed by atoms with Gasteiger partial charge in [0, 0.05) is 31.2 Å². The van der Waals surface area contributed by atoms with Gasteiger partial charge in [-0.15, -0.1) is 11.3 Å². The quantitative estimate of drug-likeness (QED) is 0.930. The molecule has 104 valence electrons. The van der Waals surface area contributed by atoms with E-state index in [9.17, 15) is 0 Å². The van der Waals surface area contributed by atoms with Gasteiger partial charge in [0.05, 0.1) is 17.9 Å². The van der Waals surface area contributed by atoms with Crippen LogP contribution in [0.25, 0.3) is 4.96 Å². The number of nitrogens with zero attached hydrogens (tertiary/aromatic N) is 3. The molecule has 0 radical (unpaired) electrons. The first-order valence-corrected chi connectivity index (χ1v) is 7.56.